The molecule has 1 rings (SSSR count). The molecule has 0 bridgehead atoms. The van der Waals surface area contributed by atoms with Crippen molar-refractivity contribution in [2.24, 2.45) is 0 Å². The average molecular weight is 275 g/mol. The molecular formula is C11H15BrO3. The lowest BCUT2D eigenvalue weighted by atomic mass is 10.0. The highest BCUT2D eigenvalue weighted by Gasteiger charge is 2.13. The number of hydrogen-bond donors (Lipinski definition) is 1. The third-order valence-corrected chi connectivity index (χ3v) is 2.99. The number of methoxy groups -OCH3 is 2. The third-order valence-electron chi connectivity index (χ3n) is 2.31. The van der Waals surface area contributed by atoms with Gasteiger partial charge in [0.05, 0.1) is 14.2 Å². The van der Waals surface area contributed by atoms with E-state index in [9.17, 15) is 0 Å². The van der Waals surface area contributed by atoms with Crippen LogP contribution in [0, 0.1) is 0 Å². The topological polar surface area (TPSA) is 38.7 Å². The Labute approximate surface area is 98.1 Å². The summed E-state index contributed by atoms with van der Waals surface area (Å²) in [5.41, 5.74) is 1.01. The van der Waals surface area contributed by atoms with Crippen molar-refractivity contribution in [1.29, 1.82) is 0 Å². The molecule has 1 aromatic rings. The van der Waals surface area contributed by atoms with Crippen LogP contribution in [0.3, 0.4) is 0 Å². The molecule has 3 nitrogen and oxygen atoms in total. The summed E-state index contributed by atoms with van der Waals surface area (Å²) < 4.78 is 11.3. The van der Waals surface area contributed by atoms with E-state index in [1.165, 1.54) is 0 Å². The van der Waals surface area contributed by atoms with Crippen LogP contribution in [0.2, 0.25) is 0 Å². The van der Waals surface area contributed by atoms with Crippen LogP contribution in [0.15, 0.2) is 16.6 Å². The van der Waals surface area contributed by atoms with Gasteiger partial charge in [0.15, 0.2) is 11.5 Å². The first kappa shape index (κ1) is 12.3. The smallest absolute Gasteiger partial charge is 0.161 e. The second kappa shape index (κ2) is 5.37. The maximum absolute atomic E-state index is 9.11. The highest BCUT2D eigenvalue weighted by Crippen LogP contribution is 2.36. The molecule has 15 heavy (non-hydrogen) atoms. The van der Waals surface area contributed by atoms with E-state index >= 15 is 0 Å². The van der Waals surface area contributed by atoms with Gasteiger partial charge in [-0.15, -0.1) is 0 Å². The lowest BCUT2D eigenvalue weighted by Gasteiger charge is -2.15. The Balaban J connectivity index is 3.19. The molecule has 1 N–H and O–H groups in total. The van der Waals surface area contributed by atoms with Crippen molar-refractivity contribution in [1.82, 2.24) is 0 Å². The fourth-order valence-electron chi connectivity index (χ4n) is 1.35. The maximum Gasteiger partial charge on any atom is 0.161 e. The van der Waals surface area contributed by atoms with Gasteiger partial charge in [-0.3, -0.25) is 0 Å². The number of halogens is 1. The Morgan fingerprint density at radius 3 is 2.27 bits per heavy atom. The highest BCUT2D eigenvalue weighted by molar-refractivity contribution is 9.10. The number of aliphatic hydroxyl groups is 1. The molecule has 0 aliphatic carbocycles. The van der Waals surface area contributed by atoms with Gasteiger partial charge in [0.2, 0.25) is 0 Å². The van der Waals surface area contributed by atoms with Crippen LogP contribution in [0.4, 0.5) is 0 Å². The normalized spacial score (nSPS) is 12.3. The molecule has 0 radical (unpaired) electrons. The van der Waals surface area contributed by atoms with E-state index in [1.54, 1.807) is 14.2 Å². The van der Waals surface area contributed by atoms with Gasteiger partial charge in [-0.2, -0.15) is 0 Å². The monoisotopic (exact) mass is 274 g/mol. The number of benzene rings is 1. The molecule has 84 valence electrons. The summed E-state index contributed by atoms with van der Waals surface area (Å²) in [6, 6.07) is 3.73. The van der Waals surface area contributed by atoms with Gasteiger partial charge in [-0.1, -0.05) is 22.9 Å². The van der Waals surface area contributed by atoms with Gasteiger partial charge < -0.3 is 14.6 Å². The fraction of sp³-hybridized carbons (Fsp3) is 0.455. The lowest BCUT2D eigenvalue weighted by molar-refractivity contribution is 0.272. The minimum atomic E-state index is 0.0687. The molecule has 1 unspecified atom stereocenters. The van der Waals surface area contributed by atoms with Gasteiger partial charge in [-0.25, -0.2) is 0 Å². The lowest BCUT2D eigenvalue weighted by Crippen LogP contribution is -2.01. The van der Waals surface area contributed by atoms with Gasteiger partial charge >= 0.3 is 0 Å². The van der Waals surface area contributed by atoms with Crippen LogP contribution in [0.25, 0.3) is 0 Å². The number of aliphatic hydroxyl groups excluding tert-OH is 1. The van der Waals surface area contributed by atoms with Crippen molar-refractivity contribution < 1.29 is 14.6 Å². The van der Waals surface area contributed by atoms with Crippen molar-refractivity contribution in [2.45, 2.75) is 12.8 Å². The van der Waals surface area contributed by atoms with E-state index in [2.05, 4.69) is 15.9 Å². The van der Waals surface area contributed by atoms with Gasteiger partial charge in [0.25, 0.3) is 0 Å². The maximum atomic E-state index is 9.11. The highest BCUT2D eigenvalue weighted by atomic mass is 79.9. The summed E-state index contributed by atoms with van der Waals surface area (Å²) in [6.45, 7) is 2.06. The summed E-state index contributed by atoms with van der Waals surface area (Å²) in [7, 11) is 3.19. The Kier molecular flexibility index (Phi) is 4.42. The molecule has 0 amide bonds. The molecule has 0 saturated carbocycles. The van der Waals surface area contributed by atoms with Crippen LogP contribution in [-0.4, -0.2) is 25.9 Å². The van der Waals surface area contributed by atoms with E-state index in [-0.39, 0.29) is 12.5 Å². The molecule has 0 fully saturated rings. The predicted molar refractivity (Wildman–Crippen MR) is 62.7 cm³/mol. The van der Waals surface area contributed by atoms with Crippen molar-refractivity contribution in [3.05, 3.63) is 22.2 Å². The van der Waals surface area contributed by atoms with Crippen molar-refractivity contribution in [2.75, 3.05) is 20.8 Å². The minimum absolute atomic E-state index is 0.0687. The molecule has 1 atom stereocenters. The zero-order valence-electron chi connectivity index (χ0n) is 9.08. The van der Waals surface area contributed by atoms with E-state index < -0.39 is 0 Å². The van der Waals surface area contributed by atoms with Crippen LogP contribution in [-0.2, 0) is 0 Å². The Hall–Kier alpha value is -0.740. The first-order valence-electron chi connectivity index (χ1n) is 4.66. The number of hydrogen-bond acceptors (Lipinski definition) is 3. The molecule has 0 aliphatic heterocycles. The Morgan fingerprint density at radius 2 is 1.80 bits per heavy atom. The third kappa shape index (κ3) is 2.63. The van der Waals surface area contributed by atoms with Crippen molar-refractivity contribution in [3.8, 4) is 11.5 Å². The SMILES string of the molecule is COc1cc(Br)c(C(C)CO)cc1OC. The first-order valence-corrected chi connectivity index (χ1v) is 5.45. The molecule has 0 spiro atoms. The Bertz CT molecular complexity index is 339. The van der Waals surface area contributed by atoms with Crippen LogP contribution in [0.1, 0.15) is 18.4 Å². The zero-order valence-corrected chi connectivity index (χ0v) is 10.7. The predicted octanol–water partition coefficient (Wildman–Crippen LogP) is 2.56. The molecule has 0 heterocycles. The molecule has 1 aromatic carbocycles. The zero-order chi connectivity index (χ0) is 11.4. The molecular weight excluding hydrogens is 260 g/mol. The summed E-state index contributed by atoms with van der Waals surface area (Å²) in [5.74, 6) is 1.42. The van der Waals surface area contributed by atoms with Gasteiger partial charge in [0, 0.05) is 17.0 Å². The minimum Gasteiger partial charge on any atom is -0.493 e. The molecule has 4 heteroatoms. The fourth-order valence-corrected chi connectivity index (χ4v) is 2.06. The van der Waals surface area contributed by atoms with E-state index in [0.717, 1.165) is 10.0 Å². The largest absolute Gasteiger partial charge is 0.493 e. The quantitative estimate of drug-likeness (QED) is 0.917. The van der Waals surface area contributed by atoms with Crippen molar-refractivity contribution >= 4 is 15.9 Å². The van der Waals surface area contributed by atoms with Gasteiger partial charge in [-0.05, 0) is 17.7 Å². The average Bonchev–Trinajstić information content (AvgIpc) is 2.27. The Morgan fingerprint density at radius 1 is 1.27 bits per heavy atom. The van der Waals surface area contributed by atoms with E-state index in [4.69, 9.17) is 14.6 Å². The summed E-state index contributed by atoms with van der Waals surface area (Å²) in [4.78, 5) is 0. The molecule has 0 saturated heterocycles. The van der Waals surface area contributed by atoms with Gasteiger partial charge in [0.1, 0.15) is 0 Å². The first-order chi connectivity index (χ1) is 7.13. The number of ether oxygens (including phenoxy) is 2. The van der Waals surface area contributed by atoms with Crippen LogP contribution >= 0.6 is 15.9 Å². The molecule has 0 aromatic heterocycles. The van der Waals surface area contributed by atoms with Crippen LogP contribution in [0.5, 0.6) is 11.5 Å². The van der Waals surface area contributed by atoms with E-state index in [0.29, 0.717) is 11.5 Å². The summed E-state index contributed by atoms with van der Waals surface area (Å²) >= 11 is 3.45. The second-order valence-corrected chi connectivity index (χ2v) is 4.17. The summed E-state index contributed by atoms with van der Waals surface area (Å²) in [5, 5.41) is 9.11. The molecule has 0 aliphatic rings. The summed E-state index contributed by atoms with van der Waals surface area (Å²) in [6.07, 6.45) is 0. The standard InChI is InChI=1S/C11H15BrO3/c1-7(6-13)8-4-10(14-2)11(15-3)5-9(8)12/h4-5,7,13H,6H2,1-3H3. The van der Waals surface area contributed by atoms with E-state index in [1.807, 2.05) is 19.1 Å². The van der Waals surface area contributed by atoms with Crippen LogP contribution < -0.4 is 9.47 Å². The second-order valence-electron chi connectivity index (χ2n) is 3.31. The van der Waals surface area contributed by atoms with Crippen molar-refractivity contribution in [3.63, 3.8) is 0 Å². The number of rotatable bonds is 4.